The number of hydrogen-bond acceptors (Lipinski definition) is 8. The Balaban J connectivity index is 1.39. The number of carbonyl (C=O) groups is 1. The first kappa shape index (κ1) is 30.5. The molecule has 0 unspecified atom stereocenters. The molecule has 2 heterocycles. The molecule has 0 bridgehead atoms. The van der Waals surface area contributed by atoms with Crippen LogP contribution in [0.4, 0.5) is 0 Å². The van der Waals surface area contributed by atoms with Crippen LogP contribution in [0.15, 0.2) is 65.3 Å². The lowest BCUT2D eigenvalue weighted by atomic mass is 9.77. The van der Waals surface area contributed by atoms with Gasteiger partial charge in [0.1, 0.15) is 11.6 Å². The molecule has 11 nitrogen and oxygen atoms in total. The van der Waals surface area contributed by atoms with Gasteiger partial charge in [-0.3, -0.25) is 4.79 Å². The summed E-state index contributed by atoms with van der Waals surface area (Å²) < 4.78 is 44.5. The number of nitrogens with zero attached hydrogens (tertiary/aromatic N) is 2. The van der Waals surface area contributed by atoms with E-state index in [0.717, 1.165) is 15.3 Å². The zero-order valence-corrected chi connectivity index (χ0v) is 24.6. The summed E-state index contributed by atoms with van der Waals surface area (Å²) in [6.07, 6.45) is 1.56. The average molecular weight is 587 g/mol. The first-order chi connectivity index (χ1) is 19.5. The zero-order chi connectivity index (χ0) is 29.6. The van der Waals surface area contributed by atoms with Crippen LogP contribution in [-0.2, 0) is 30.8 Å². The summed E-state index contributed by atoms with van der Waals surface area (Å²) in [5.41, 5.74) is 1.53. The molecule has 2 atom stereocenters. The molecule has 0 saturated heterocycles. The number of amides is 1. The molecule has 1 amide bonds. The SMILES string of the molecule is COc1ccc(S(=O)(=O)N(CCO)CCO[C@H]2C[C@@H](C(C)(C)C)C=C(C(=O)NCc3nc4ccccc4[nH]3)O2)cc1. The number of nitrogens with one attached hydrogen (secondary N) is 2. The number of aromatic amines is 1. The number of aliphatic hydroxyl groups is 1. The van der Waals surface area contributed by atoms with Crippen LogP contribution in [-0.4, -0.2) is 73.4 Å². The second kappa shape index (κ2) is 13.0. The topological polar surface area (TPSA) is 143 Å². The Morgan fingerprint density at radius 1 is 1.17 bits per heavy atom. The van der Waals surface area contributed by atoms with Gasteiger partial charge in [-0.1, -0.05) is 32.9 Å². The van der Waals surface area contributed by atoms with Crippen LogP contribution in [0.1, 0.15) is 33.0 Å². The lowest BCUT2D eigenvalue weighted by Crippen LogP contribution is -2.39. The molecule has 0 fully saturated rings. The van der Waals surface area contributed by atoms with E-state index in [1.165, 1.54) is 19.2 Å². The van der Waals surface area contributed by atoms with Crippen LogP contribution in [0.25, 0.3) is 11.0 Å². The Hall–Kier alpha value is -3.45. The summed E-state index contributed by atoms with van der Waals surface area (Å²) in [4.78, 5) is 20.8. The number of imidazole rings is 1. The summed E-state index contributed by atoms with van der Waals surface area (Å²) in [5.74, 6) is 0.893. The molecular formula is C29H38N4O7S. The Labute approximate surface area is 240 Å². The molecule has 2 aromatic carbocycles. The first-order valence-corrected chi connectivity index (χ1v) is 14.9. The van der Waals surface area contributed by atoms with Crippen molar-refractivity contribution < 1.29 is 32.5 Å². The van der Waals surface area contributed by atoms with Crippen molar-refractivity contribution >= 4 is 27.0 Å². The molecule has 4 rings (SSSR count). The van der Waals surface area contributed by atoms with Crippen LogP contribution in [0.3, 0.4) is 0 Å². The Morgan fingerprint density at radius 2 is 1.90 bits per heavy atom. The summed E-state index contributed by atoms with van der Waals surface area (Å²) in [5, 5.41) is 12.4. The zero-order valence-electron chi connectivity index (χ0n) is 23.8. The number of fused-ring (bicyclic) bond motifs is 1. The number of H-pyrrole nitrogens is 1. The fourth-order valence-corrected chi connectivity index (χ4v) is 5.92. The molecule has 0 spiro atoms. The van der Waals surface area contributed by atoms with E-state index in [1.54, 1.807) is 12.1 Å². The molecule has 3 aromatic rings. The maximum Gasteiger partial charge on any atom is 0.286 e. The third-order valence-electron chi connectivity index (χ3n) is 6.94. The number of benzene rings is 2. The number of ether oxygens (including phenoxy) is 3. The van der Waals surface area contributed by atoms with Crippen molar-refractivity contribution in [2.24, 2.45) is 11.3 Å². The van der Waals surface area contributed by atoms with Gasteiger partial charge in [0.25, 0.3) is 5.91 Å². The van der Waals surface area contributed by atoms with E-state index >= 15 is 0 Å². The van der Waals surface area contributed by atoms with Crippen molar-refractivity contribution in [3.8, 4) is 5.75 Å². The Kier molecular flexibility index (Phi) is 9.69. The molecule has 41 heavy (non-hydrogen) atoms. The van der Waals surface area contributed by atoms with Crippen molar-refractivity contribution in [3.05, 3.63) is 66.2 Å². The highest BCUT2D eigenvalue weighted by Crippen LogP contribution is 2.36. The van der Waals surface area contributed by atoms with E-state index < -0.39 is 22.2 Å². The number of rotatable bonds is 12. The van der Waals surface area contributed by atoms with Gasteiger partial charge in [-0.15, -0.1) is 0 Å². The highest BCUT2D eigenvalue weighted by Gasteiger charge is 2.34. The molecular weight excluding hydrogens is 548 g/mol. The smallest absolute Gasteiger partial charge is 0.286 e. The lowest BCUT2D eigenvalue weighted by molar-refractivity contribution is -0.153. The molecule has 3 N–H and O–H groups in total. The number of methoxy groups -OCH3 is 1. The van der Waals surface area contributed by atoms with Gasteiger partial charge < -0.3 is 29.6 Å². The standard InChI is InChI=1S/C29H38N4O7S/c1-29(2,3)20-17-25(28(35)30-19-26-31-23-7-5-6-8-24(23)32-26)40-27(18-20)39-16-14-33(13-15-34)41(36,37)22-11-9-21(38-4)10-12-22/h5-12,17,20,27,34H,13-16,18-19H2,1-4H3,(H,30,35)(H,31,32)/t20-,27+/m0/s1. The Morgan fingerprint density at radius 3 is 2.56 bits per heavy atom. The predicted octanol–water partition coefficient (Wildman–Crippen LogP) is 3.18. The highest BCUT2D eigenvalue weighted by molar-refractivity contribution is 7.89. The monoisotopic (exact) mass is 586 g/mol. The van der Waals surface area contributed by atoms with Crippen molar-refractivity contribution in [2.75, 3.05) is 33.4 Å². The first-order valence-electron chi connectivity index (χ1n) is 13.5. The summed E-state index contributed by atoms with van der Waals surface area (Å²) >= 11 is 0. The number of para-hydroxylation sites is 2. The Bertz CT molecular complexity index is 1430. The molecule has 12 heteroatoms. The van der Waals surface area contributed by atoms with Crippen LogP contribution >= 0.6 is 0 Å². The number of allylic oxidation sites excluding steroid dienone is 1. The fraction of sp³-hybridized carbons (Fsp3) is 0.448. The minimum Gasteiger partial charge on any atom is -0.497 e. The van der Waals surface area contributed by atoms with Gasteiger partial charge in [-0.25, -0.2) is 13.4 Å². The normalized spacial score (nSPS) is 17.8. The second-order valence-electron chi connectivity index (χ2n) is 10.8. The van der Waals surface area contributed by atoms with E-state index in [1.807, 2.05) is 30.3 Å². The number of hydrogen-bond donors (Lipinski definition) is 3. The minimum atomic E-state index is -3.88. The van der Waals surface area contributed by atoms with E-state index in [2.05, 4.69) is 36.1 Å². The minimum absolute atomic E-state index is 0.00476. The third kappa shape index (κ3) is 7.64. The van der Waals surface area contributed by atoms with Gasteiger partial charge >= 0.3 is 0 Å². The number of carbonyl (C=O) groups excluding carboxylic acids is 1. The van der Waals surface area contributed by atoms with Gasteiger partial charge in [0.05, 0.1) is 42.8 Å². The van der Waals surface area contributed by atoms with Crippen molar-refractivity contribution in [1.82, 2.24) is 19.6 Å². The van der Waals surface area contributed by atoms with E-state index in [4.69, 9.17) is 14.2 Å². The molecule has 0 saturated carbocycles. The van der Waals surface area contributed by atoms with E-state index in [9.17, 15) is 18.3 Å². The van der Waals surface area contributed by atoms with Crippen LogP contribution in [0, 0.1) is 11.3 Å². The largest absolute Gasteiger partial charge is 0.497 e. The van der Waals surface area contributed by atoms with Crippen molar-refractivity contribution in [3.63, 3.8) is 0 Å². The average Bonchev–Trinajstić information content (AvgIpc) is 3.38. The van der Waals surface area contributed by atoms with E-state index in [0.29, 0.717) is 18.0 Å². The second-order valence-corrected chi connectivity index (χ2v) is 12.8. The van der Waals surface area contributed by atoms with Crippen LogP contribution in [0.2, 0.25) is 0 Å². The summed E-state index contributed by atoms with van der Waals surface area (Å²) in [6, 6.07) is 13.7. The van der Waals surface area contributed by atoms with Crippen molar-refractivity contribution in [1.29, 1.82) is 0 Å². The van der Waals surface area contributed by atoms with Gasteiger partial charge in [-0.05, 0) is 53.8 Å². The third-order valence-corrected chi connectivity index (χ3v) is 8.85. The van der Waals surface area contributed by atoms with Crippen LogP contribution < -0.4 is 10.1 Å². The van der Waals surface area contributed by atoms with Crippen molar-refractivity contribution in [2.45, 2.75) is 44.9 Å². The number of sulfonamides is 1. The van der Waals surface area contributed by atoms with Gasteiger partial charge in [0.15, 0.2) is 5.76 Å². The van der Waals surface area contributed by atoms with Gasteiger partial charge in [0, 0.05) is 19.5 Å². The molecule has 1 aliphatic heterocycles. The summed E-state index contributed by atoms with van der Waals surface area (Å²) in [6.45, 7) is 5.97. The predicted molar refractivity (Wildman–Crippen MR) is 153 cm³/mol. The molecule has 0 radical (unpaired) electrons. The summed E-state index contributed by atoms with van der Waals surface area (Å²) in [7, 11) is -2.38. The maximum atomic E-state index is 13.2. The molecule has 1 aliphatic rings. The molecule has 1 aromatic heterocycles. The van der Waals surface area contributed by atoms with Gasteiger partial charge in [0.2, 0.25) is 16.3 Å². The molecule has 0 aliphatic carbocycles. The highest BCUT2D eigenvalue weighted by atomic mass is 32.2. The molecule has 222 valence electrons. The van der Waals surface area contributed by atoms with Gasteiger partial charge in [-0.2, -0.15) is 4.31 Å². The van der Waals surface area contributed by atoms with E-state index in [-0.39, 0.29) is 54.8 Å². The number of aliphatic hydroxyl groups excluding tert-OH is 1. The maximum absolute atomic E-state index is 13.2. The number of aromatic nitrogens is 2. The lowest BCUT2D eigenvalue weighted by Gasteiger charge is -2.36. The fourth-order valence-electron chi connectivity index (χ4n) is 4.51. The quantitative estimate of drug-likeness (QED) is 0.294. The van der Waals surface area contributed by atoms with Crippen LogP contribution in [0.5, 0.6) is 5.75 Å².